The third kappa shape index (κ3) is 3.63. The second-order valence-electron chi connectivity index (χ2n) is 5.00. The van der Waals surface area contributed by atoms with Crippen molar-refractivity contribution >= 4 is 49.8 Å². The minimum absolute atomic E-state index is 0.0440. The largest absolute Gasteiger partial charge is 0.362 e. The maximum atomic E-state index is 12.4. The molecule has 0 fully saturated rings. The highest BCUT2D eigenvalue weighted by Crippen LogP contribution is 2.25. The Kier molecular flexibility index (Phi) is 4.79. The highest BCUT2D eigenvalue weighted by Gasteiger charge is 2.06. The first-order valence-electron chi connectivity index (χ1n) is 7.05. The zero-order valence-corrected chi connectivity index (χ0v) is 14.4. The van der Waals surface area contributed by atoms with E-state index in [1.165, 1.54) is 6.08 Å². The van der Waals surface area contributed by atoms with E-state index in [9.17, 15) is 4.79 Å². The maximum Gasteiger partial charge on any atom is 0.187 e. The minimum atomic E-state index is -0.0440. The second-order valence-corrected chi connectivity index (χ2v) is 6.26. The third-order valence-electron chi connectivity index (χ3n) is 3.46. The molecular weight excluding hydrogens is 374 g/mol. The van der Waals surface area contributed by atoms with E-state index in [-0.39, 0.29) is 5.78 Å². The van der Waals surface area contributed by atoms with Crippen molar-refractivity contribution < 1.29 is 4.79 Å². The Labute approximate surface area is 147 Å². The summed E-state index contributed by atoms with van der Waals surface area (Å²) in [7, 11) is 0. The van der Waals surface area contributed by atoms with E-state index in [0.717, 1.165) is 20.9 Å². The quantitative estimate of drug-likeness (QED) is 0.436. The van der Waals surface area contributed by atoms with Crippen molar-refractivity contribution in [3.63, 3.8) is 0 Å². The number of carbonyl (C=O) groups excluding carboxylic acids is 1. The van der Waals surface area contributed by atoms with E-state index in [4.69, 9.17) is 11.6 Å². The number of halogens is 2. The summed E-state index contributed by atoms with van der Waals surface area (Å²) in [5, 5.41) is 5.68. The van der Waals surface area contributed by atoms with E-state index < -0.39 is 0 Å². The van der Waals surface area contributed by atoms with Gasteiger partial charge in [0.2, 0.25) is 0 Å². The van der Waals surface area contributed by atoms with E-state index in [1.807, 2.05) is 54.6 Å². The number of carbonyl (C=O) groups is 1. The van der Waals surface area contributed by atoms with Crippen LogP contribution in [-0.2, 0) is 0 Å². The van der Waals surface area contributed by atoms with Crippen LogP contribution in [-0.4, -0.2) is 5.78 Å². The molecule has 114 valence electrons. The van der Waals surface area contributed by atoms with Crippen LogP contribution in [0.25, 0.3) is 10.8 Å². The van der Waals surface area contributed by atoms with Crippen molar-refractivity contribution in [2.24, 2.45) is 0 Å². The van der Waals surface area contributed by atoms with Crippen molar-refractivity contribution in [3.8, 4) is 0 Å². The predicted octanol–water partition coefficient (Wildman–Crippen LogP) is 6.06. The Bertz CT molecular complexity index is 900. The van der Waals surface area contributed by atoms with Crippen LogP contribution in [0.1, 0.15) is 10.4 Å². The molecular formula is C19H13BrClNO. The fraction of sp³-hybridized carbons (Fsp3) is 0. The number of allylic oxidation sites excluding steroid dienone is 1. The number of nitrogens with one attached hydrogen (secondary N) is 1. The smallest absolute Gasteiger partial charge is 0.187 e. The summed E-state index contributed by atoms with van der Waals surface area (Å²) in [5.74, 6) is -0.0440. The molecule has 0 aromatic heterocycles. The number of fused-ring (bicyclic) bond motifs is 1. The zero-order valence-electron chi connectivity index (χ0n) is 12.1. The predicted molar refractivity (Wildman–Crippen MR) is 100 cm³/mol. The monoisotopic (exact) mass is 385 g/mol. The Morgan fingerprint density at radius 3 is 2.65 bits per heavy atom. The average molecular weight is 387 g/mol. The first kappa shape index (κ1) is 15.8. The van der Waals surface area contributed by atoms with Crippen LogP contribution < -0.4 is 5.32 Å². The van der Waals surface area contributed by atoms with Crippen LogP contribution in [0.3, 0.4) is 0 Å². The molecule has 1 N–H and O–H groups in total. The van der Waals surface area contributed by atoms with E-state index in [0.29, 0.717) is 10.6 Å². The van der Waals surface area contributed by atoms with Crippen molar-refractivity contribution in [1.82, 2.24) is 0 Å². The summed E-state index contributed by atoms with van der Waals surface area (Å²) in [5.41, 5.74) is 1.51. The molecule has 0 unspecified atom stereocenters. The molecule has 0 bridgehead atoms. The van der Waals surface area contributed by atoms with Gasteiger partial charge in [-0.3, -0.25) is 4.79 Å². The van der Waals surface area contributed by atoms with Gasteiger partial charge in [-0.2, -0.15) is 0 Å². The van der Waals surface area contributed by atoms with Gasteiger partial charge in [0.25, 0.3) is 0 Å². The van der Waals surface area contributed by atoms with Crippen LogP contribution in [0.4, 0.5) is 5.69 Å². The number of anilines is 1. The molecule has 0 aliphatic heterocycles. The van der Waals surface area contributed by atoms with Gasteiger partial charge >= 0.3 is 0 Å². The highest BCUT2D eigenvalue weighted by molar-refractivity contribution is 9.10. The van der Waals surface area contributed by atoms with Crippen molar-refractivity contribution in [3.05, 3.63) is 88.0 Å². The molecule has 0 aliphatic rings. The van der Waals surface area contributed by atoms with Crippen LogP contribution in [0.15, 0.2) is 77.4 Å². The lowest BCUT2D eigenvalue weighted by molar-refractivity contribution is 0.104. The zero-order chi connectivity index (χ0) is 16.2. The molecule has 2 nitrogen and oxygen atoms in total. The van der Waals surface area contributed by atoms with Gasteiger partial charge in [-0.15, -0.1) is 0 Å². The highest BCUT2D eigenvalue weighted by atomic mass is 79.9. The Morgan fingerprint density at radius 1 is 1.04 bits per heavy atom. The van der Waals surface area contributed by atoms with E-state index >= 15 is 0 Å². The fourth-order valence-corrected chi connectivity index (χ4v) is 2.76. The molecule has 23 heavy (non-hydrogen) atoms. The van der Waals surface area contributed by atoms with Gasteiger partial charge < -0.3 is 5.32 Å². The van der Waals surface area contributed by atoms with Gasteiger partial charge in [0.15, 0.2) is 5.78 Å². The van der Waals surface area contributed by atoms with Crippen LogP contribution in [0.5, 0.6) is 0 Å². The van der Waals surface area contributed by atoms with Crippen molar-refractivity contribution in [1.29, 1.82) is 0 Å². The summed E-state index contributed by atoms with van der Waals surface area (Å²) >= 11 is 9.38. The van der Waals surface area contributed by atoms with E-state index in [2.05, 4.69) is 21.2 Å². The number of ketones is 1. The lowest BCUT2D eigenvalue weighted by atomic mass is 10.0. The maximum absolute atomic E-state index is 12.4. The van der Waals surface area contributed by atoms with Crippen LogP contribution in [0, 0.1) is 0 Å². The SMILES string of the molecule is O=C(/C=C/Nc1ccc(Br)c(Cl)c1)c1cccc2ccccc12. The Morgan fingerprint density at radius 2 is 1.83 bits per heavy atom. The van der Waals surface area contributed by atoms with Crippen LogP contribution >= 0.6 is 27.5 Å². The lowest BCUT2D eigenvalue weighted by Gasteiger charge is -2.04. The summed E-state index contributed by atoms with van der Waals surface area (Å²) < 4.78 is 0.834. The van der Waals surface area contributed by atoms with Gasteiger partial charge in [-0.05, 0) is 44.9 Å². The number of benzene rings is 3. The molecule has 0 heterocycles. The molecule has 0 amide bonds. The normalized spacial score (nSPS) is 11.0. The molecule has 0 radical (unpaired) electrons. The van der Waals surface area contributed by atoms with Gasteiger partial charge in [-0.1, -0.05) is 54.1 Å². The molecule has 0 atom stereocenters. The lowest BCUT2D eigenvalue weighted by Crippen LogP contribution is -1.97. The third-order valence-corrected chi connectivity index (χ3v) is 4.69. The Hall–Kier alpha value is -2.10. The number of hydrogen-bond acceptors (Lipinski definition) is 2. The molecule has 0 spiro atoms. The molecule has 0 aliphatic carbocycles. The van der Waals surface area contributed by atoms with Gasteiger partial charge in [0.05, 0.1) is 5.02 Å². The first-order chi connectivity index (χ1) is 11.1. The molecule has 3 aromatic rings. The average Bonchev–Trinajstić information content (AvgIpc) is 2.57. The Balaban J connectivity index is 1.79. The van der Waals surface area contributed by atoms with Crippen LogP contribution in [0.2, 0.25) is 5.02 Å². The minimum Gasteiger partial charge on any atom is -0.362 e. The van der Waals surface area contributed by atoms with E-state index in [1.54, 1.807) is 12.3 Å². The summed E-state index contributed by atoms with van der Waals surface area (Å²) in [6.07, 6.45) is 3.15. The van der Waals surface area contributed by atoms with Crippen molar-refractivity contribution in [2.45, 2.75) is 0 Å². The first-order valence-corrected chi connectivity index (χ1v) is 8.22. The van der Waals surface area contributed by atoms with Gasteiger partial charge in [0.1, 0.15) is 0 Å². The summed E-state index contributed by atoms with van der Waals surface area (Å²) in [6.45, 7) is 0. The molecule has 3 rings (SSSR count). The van der Waals surface area contributed by atoms with Crippen molar-refractivity contribution in [2.75, 3.05) is 5.32 Å². The standard InChI is InChI=1S/C19H13BrClNO/c20-17-9-8-14(12-18(17)21)22-11-10-19(23)16-7-3-5-13-4-1-2-6-15(13)16/h1-12,22H/b11-10+. The second kappa shape index (κ2) is 6.99. The van der Waals surface area contributed by atoms with Gasteiger partial charge in [0, 0.05) is 28.0 Å². The topological polar surface area (TPSA) is 29.1 Å². The molecule has 3 aromatic carbocycles. The summed E-state index contributed by atoms with van der Waals surface area (Å²) in [6, 6.07) is 19.1. The summed E-state index contributed by atoms with van der Waals surface area (Å²) in [4.78, 5) is 12.4. The fourth-order valence-electron chi connectivity index (χ4n) is 2.33. The molecule has 4 heteroatoms. The molecule has 0 saturated heterocycles. The number of hydrogen-bond donors (Lipinski definition) is 1. The molecule has 0 saturated carbocycles. The van der Waals surface area contributed by atoms with Gasteiger partial charge in [-0.25, -0.2) is 0 Å². The number of rotatable bonds is 4.